The molecule has 0 aliphatic rings. The molecule has 0 radical (unpaired) electrons. The molecular weight excluding hydrogens is 250 g/mol. The number of aliphatic hydroxyl groups is 1. The Morgan fingerprint density at radius 1 is 1.22 bits per heavy atom. The molecule has 102 valence electrons. The molecule has 0 atom stereocenters. The lowest BCUT2D eigenvalue weighted by atomic mass is 10.0. The highest BCUT2D eigenvalue weighted by Crippen LogP contribution is 2.16. The Morgan fingerprint density at radius 2 is 1.83 bits per heavy atom. The van der Waals surface area contributed by atoms with E-state index >= 15 is 0 Å². The summed E-state index contributed by atoms with van der Waals surface area (Å²) < 4.78 is 26.9. The lowest BCUT2D eigenvalue weighted by molar-refractivity contribution is 0.278. The van der Waals surface area contributed by atoms with E-state index in [4.69, 9.17) is 5.11 Å². The molecule has 0 heterocycles. The number of benzene rings is 1. The lowest BCUT2D eigenvalue weighted by Crippen LogP contribution is -2.29. The molecule has 0 amide bonds. The number of nitrogens with one attached hydrogen (secondary N) is 1. The summed E-state index contributed by atoms with van der Waals surface area (Å²) in [5.74, 6) is 0.348. The molecule has 0 spiro atoms. The molecule has 0 bridgehead atoms. The van der Waals surface area contributed by atoms with Crippen LogP contribution in [0.5, 0.6) is 0 Å². The van der Waals surface area contributed by atoms with Crippen LogP contribution in [-0.2, 0) is 16.6 Å². The first-order valence-electron chi connectivity index (χ1n) is 6.23. The third kappa shape index (κ3) is 3.80. The largest absolute Gasteiger partial charge is 0.392 e. The van der Waals surface area contributed by atoms with Crippen molar-refractivity contribution in [3.05, 3.63) is 29.8 Å². The van der Waals surface area contributed by atoms with Gasteiger partial charge in [-0.1, -0.05) is 44.9 Å². The van der Waals surface area contributed by atoms with E-state index < -0.39 is 10.0 Å². The Labute approximate surface area is 109 Å². The maximum Gasteiger partial charge on any atom is 0.240 e. The van der Waals surface area contributed by atoms with Gasteiger partial charge in [-0.05, 0) is 17.5 Å². The molecule has 0 saturated carbocycles. The molecular formula is C13H21NO3S. The van der Waals surface area contributed by atoms with Gasteiger partial charge in [-0.3, -0.25) is 0 Å². The summed E-state index contributed by atoms with van der Waals surface area (Å²) in [6, 6.07) is 6.50. The van der Waals surface area contributed by atoms with Gasteiger partial charge in [0.2, 0.25) is 10.0 Å². The second kappa shape index (κ2) is 6.87. The van der Waals surface area contributed by atoms with Gasteiger partial charge in [0.15, 0.2) is 0 Å². The van der Waals surface area contributed by atoms with E-state index in [9.17, 15) is 8.42 Å². The zero-order valence-electron chi connectivity index (χ0n) is 10.9. The molecule has 0 fully saturated rings. The van der Waals surface area contributed by atoms with Gasteiger partial charge in [-0.2, -0.15) is 0 Å². The zero-order valence-corrected chi connectivity index (χ0v) is 11.7. The highest BCUT2D eigenvalue weighted by molar-refractivity contribution is 7.89. The topological polar surface area (TPSA) is 66.4 Å². The van der Waals surface area contributed by atoms with Gasteiger partial charge in [0.05, 0.1) is 11.5 Å². The van der Waals surface area contributed by atoms with Crippen molar-refractivity contribution < 1.29 is 13.5 Å². The minimum Gasteiger partial charge on any atom is -0.392 e. The van der Waals surface area contributed by atoms with Gasteiger partial charge in [0.25, 0.3) is 0 Å². The third-order valence-electron chi connectivity index (χ3n) is 3.15. The van der Waals surface area contributed by atoms with Crippen LogP contribution in [0.15, 0.2) is 29.2 Å². The van der Waals surface area contributed by atoms with Gasteiger partial charge in [0, 0.05) is 6.54 Å². The van der Waals surface area contributed by atoms with Gasteiger partial charge in [-0.15, -0.1) is 0 Å². The van der Waals surface area contributed by atoms with E-state index in [1.807, 2.05) is 13.8 Å². The van der Waals surface area contributed by atoms with Crippen LogP contribution in [0.4, 0.5) is 0 Å². The fourth-order valence-corrected chi connectivity index (χ4v) is 3.13. The van der Waals surface area contributed by atoms with E-state index in [0.717, 1.165) is 12.8 Å². The monoisotopic (exact) mass is 271 g/mol. The molecule has 0 aliphatic heterocycles. The van der Waals surface area contributed by atoms with E-state index in [2.05, 4.69) is 4.72 Å². The quantitative estimate of drug-likeness (QED) is 0.796. The predicted molar refractivity (Wildman–Crippen MR) is 71.6 cm³/mol. The average molecular weight is 271 g/mol. The van der Waals surface area contributed by atoms with Crippen LogP contribution >= 0.6 is 0 Å². The molecule has 0 saturated heterocycles. The molecule has 4 nitrogen and oxygen atoms in total. The van der Waals surface area contributed by atoms with Crippen molar-refractivity contribution in [1.82, 2.24) is 4.72 Å². The smallest absolute Gasteiger partial charge is 0.240 e. The maximum atomic E-state index is 12.1. The molecule has 1 aromatic rings. The Kier molecular flexibility index (Phi) is 5.78. The average Bonchev–Trinajstić information content (AvgIpc) is 2.39. The van der Waals surface area contributed by atoms with Crippen molar-refractivity contribution in [2.45, 2.75) is 38.2 Å². The minimum atomic E-state index is -3.53. The first-order valence-corrected chi connectivity index (χ1v) is 7.71. The van der Waals surface area contributed by atoms with E-state index in [1.54, 1.807) is 18.2 Å². The van der Waals surface area contributed by atoms with Crippen molar-refractivity contribution in [2.24, 2.45) is 5.92 Å². The molecule has 0 aromatic heterocycles. The van der Waals surface area contributed by atoms with Crippen LogP contribution in [0.25, 0.3) is 0 Å². The summed E-state index contributed by atoms with van der Waals surface area (Å²) in [7, 11) is -3.53. The SMILES string of the molecule is CCC(CC)CNS(=O)(=O)c1ccccc1CO. The number of hydrogen-bond donors (Lipinski definition) is 2. The number of hydrogen-bond acceptors (Lipinski definition) is 3. The first kappa shape index (κ1) is 15.1. The van der Waals surface area contributed by atoms with Crippen LogP contribution in [0.3, 0.4) is 0 Å². The van der Waals surface area contributed by atoms with Gasteiger partial charge in [-0.25, -0.2) is 13.1 Å². The molecule has 2 N–H and O–H groups in total. The van der Waals surface area contributed by atoms with Crippen molar-refractivity contribution in [3.8, 4) is 0 Å². The predicted octanol–water partition coefficient (Wildman–Crippen LogP) is 1.89. The summed E-state index contributed by atoms with van der Waals surface area (Å²) in [5.41, 5.74) is 0.426. The van der Waals surface area contributed by atoms with Crippen LogP contribution in [-0.4, -0.2) is 20.1 Å². The summed E-state index contributed by atoms with van der Waals surface area (Å²) >= 11 is 0. The van der Waals surface area contributed by atoms with E-state index in [0.29, 0.717) is 18.0 Å². The second-order valence-corrected chi connectivity index (χ2v) is 6.04. The minimum absolute atomic E-state index is 0.165. The summed E-state index contributed by atoms with van der Waals surface area (Å²) in [6.07, 6.45) is 1.89. The molecule has 1 aromatic carbocycles. The third-order valence-corrected chi connectivity index (χ3v) is 4.67. The normalized spacial score (nSPS) is 12.0. The van der Waals surface area contributed by atoms with Crippen molar-refractivity contribution in [3.63, 3.8) is 0 Å². The van der Waals surface area contributed by atoms with E-state index in [1.165, 1.54) is 6.07 Å². The zero-order chi connectivity index (χ0) is 13.6. The van der Waals surface area contributed by atoms with Crippen molar-refractivity contribution in [2.75, 3.05) is 6.54 Å². The number of sulfonamides is 1. The van der Waals surface area contributed by atoms with E-state index in [-0.39, 0.29) is 11.5 Å². The van der Waals surface area contributed by atoms with Crippen LogP contribution in [0, 0.1) is 5.92 Å². The number of rotatable bonds is 7. The fourth-order valence-electron chi connectivity index (χ4n) is 1.78. The van der Waals surface area contributed by atoms with Crippen molar-refractivity contribution >= 4 is 10.0 Å². The molecule has 0 unspecified atom stereocenters. The molecule has 18 heavy (non-hydrogen) atoms. The Bertz CT molecular complexity index is 467. The molecule has 1 rings (SSSR count). The van der Waals surface area contributed by atoms with Crippen LogP contribution in [0.2, 0.25) is 0 Å². The maximum absolute atomic E-state index is 12.1. The van der Waals surface area contributed by atoms with Crippen LogP contribution < -0.4 is 4.72 Å². The lowest BCUT2D eigenvalue weighted by Gasteiger charge is -2.14. The second-order valence-electron chi connectivity index (χ2n) is 4.30. The van der Waals surface area contributed by atoms with Crippen LogP contribution in [0.1, 0.15) is 32.3 Å². The molecule has 5 heteroatoms. The highest BCUT2D eigenvalue weighted by atomic mass is 32.2. The first-order chi connectivity index (χ1) is 8.55. The standard InChI is InChI=1S/C13H21NO3S/c1-3-11(4-2)9-14-18(16,17)13-8-6-5-7-12(13)10-15/h5-8,11,14-15H,3-4,9-10H2,1-2H3. The molecule has 0 aliphatic carbocycles. The van der Waals surface area contributed by atoms with Gasteiger partial charge >= 0.3 is 0 Å². The van der Waals surface area contributed by atoms with Gasteiger partial charge in [0.1, 0.15) is 0 Å². The summed E-state index contributed by atoms with van der Waals surface area (Å²) in [5, 5.41) is 9.16. The Hall–Kier alpha value is -0.910. The highest BCUT2D eigenvalue weighted by Gasteiger charge is 2.18. The van der Waals surface area contributed by atoms with Gasteiger partial charge < -0.3 is 5.11 Å². The number of aliphatic hydroxyl groups excluding tert-OH is 1. The summed E-state index contributed by atoms with van der Waals surface area (Å²) in [6.45, 7) is 4.26. The Balaban J connectivity index is 2.86. The Morgan fingerprint density at radius 3 is 2.39 bits per heavy atom. The van der Waals surface area contributed by atoms with Crippen molar-refractivity contribution in [1.29, 1.82) is 0 Å². The summed E-state index contributed by atoms with van der Waals surface area (Å²) in [4.78, 5) is 0.165. The fraction of sp³-hybridized carbons (Fsp3) is 0.538.